The fourth-order valence-electron chi connectivity index (χ4n) is 3.84. The Labute approximate surface area is 206 Å². The molecule has 1 N–H and O–H groups in total. The normalized spacial score (nSPS) is 19.8. The summed E-state index contributed by atoms with van der Waals surface area (Å²) in [5, 5.41) is 10.2. The highest BCUT2D eigenvalue weighted by Crippen LogP contribution is 2.31. The Kier molecular flexibility index (Phi) is 8.13. The Morgan fingerprint density at radius 2 is 1.82 bits per heavy atom. The molecule has 8 nitrogen and oxygen atoms in total. The SMILES string of the molecule is C[C@H](CO)N1C[C@H](C)[C@@H](CN(C)S(=O)(=O)c2ccc(Cl)cc2)Oc2ccc(N(C)C)cc2C1=O. The molecule has 3 rings (SSSR count). The minimum absolute atomic E-state index is 0.0799. The van der Waals surface area contributed by atoms with E-state index in [1.807, 2.05) is 32.0 Å². The van der Waals surface area contributed by atoms with E-state index in [9.17, 15) is 18.3 Å². The zero-order chi connectivity index (χ0) is 25.2. The lowest BCUT2D eigenvalue weighted by Crippen LogP contribution is -2.50. The second kappa shape index (κ2) is 10.5. The van der Waals surface area contributed by atoms with E-state index in [4.69, 9.17) is 16.3 Å². The Morgan fingerprint density at radius 3 is 2.41 bits per heavy atom. The Bertz CT molecular complexity index is 1120. The van der Waals surface area contributed by atoms with Gasteiger partial charge in [-0.1, -0.05) is 18.5 Å². The molecule has 0 aromatic heterocycles. The van der Waals surface area contributed by atoms with Crippen molar-refractivity contribution in [1.29, 1.82) is 0 Å². The summed E-state index contributed by atoms with van der Waals surface area (Å²) < 4.78 is 33.8. The summed E-state index contributed by atoms with van der Waals surface area (Å²) in [6, 6.07) is 11.0. The number of aliphatic hydroxyl groups is 1. The standard InChI is InChI=1S/C24H32ClN3O5S/c1-16-13-28(17(2)15-29)24(30)21-12-19(26(3)4)8-11-22(21)33-23(16)14-27(5)34(31,32)20-9-6-18(25)7-10-20/h6-12,16-17,23,29H,13-15H2,1-5H3/t16-,17+,23+/m0/s1. The Morgan fingerprint density at radius 1 is 1.18 bits per heavy atom. The molecule has 0 saturated heterocycles. The van der Waals surface area contributed by atoms with Crippen LogP contribution < -0.4 is 9.64 Å². The number of aliphatic hydroxyl groups excluding tert-OH is 1. The fourth-order valence-corrected chi connectivity index (χ4v) is 5.15. The minimum atomic E-state index is -3.77. The minimum Gasteiger partial charge on any atom is -0.488 e. The lowest BCUT2D eigenvalue weighted by molar-refractivity contribution is 0.0387. The second-order valence-electron chi connectivity index (χ2n) is 8.94. The smallest absolute Gasteiger partial charge is 0.258 e. The van der Waals surface area contributed by atoms with Gasteiger partial charge in [0.05, 0.1) is 29.7 Å². The van der Waals surface area contributed by atoms with Gasteiger partial charge in [0.2, 0.25) is 10.0 Å². The molecule has 0 unspecified atom stereocenters. The number of sulfonamides is 1. The van der Waals surface area contributed by atoms with Crippen LogP contribution in [-0.4, -0.2) is 81.6 Å². The highest BCUT2D eigenvalue weighted by Gasteiger charge is 2.35. The molecule has 1 heterocycles. The van der Waals surface area contributed by atoms with Crippen LogP contribution >= 0.6 is 11.6 Å². The zero-order valence-electron chi connectivity index (χ0n) is 20.1. The van der Waals surface area contributed by atoms with Gasteiger partial charge in [0, 0.05) is 44.3 Å². The van der Waals surface area contributed by atoms with E-state index in [0.717, 1.165) is 5.69 Å². The van der Waals surface area contributed by atoms with Gasteiger partial charge in [-0.15, -0.1) is 0 Å². The fraction of sp³-hybridized carbons (Fsp3) is 0.458. The molecule has 1 amide bonds. The van der Waals surface area contributed by atoms with Gasteiger partial charge in [0.1, 0.15) is 11.9 Å². The van der Waals surface area contributed by atoms with E-state index in [1.165, 1.54) is 35.6 Å². The van der Waals surface area contributed by atoms with Crippen LogP contribution in [0.2, 0.25) is 5.02 Å². The molecule has 34 heavy (non-hydrogen) atoms. The van der Waals surface area contributed by atoms with E-state index in [2.05, 4.69) is 0 Å². The van der Waals surface area contributed by atoms with Gasteiger partial charge in [0.15, 0.2) is 0 Å². The molecule has 186 valence electrons. The summed E-state index contributed by atoms with van der Waals surface area (Å²) in [6.45, 7) is 3.91. The topological polar surface area (TPSA) is 90.4 Å². The van der Waals surface area contributed by atoms with Crippen molar-refractivity contribution in [3.63, 3.8) is 0 Å². The molecule has 0 bridgehead atoms. The first-order valence-corrected chi connectivity index (χ1v) is 12.9. The van der Waals surface area contributed by atoms with Crippen molar-refractivity contribution in [2.45, 2.75) is 30.9 Å². The highest BCUT2D eigenvalue weighted by molar-refractivity contribution is 7.89. The van der Waals surface area contributed by atoms with Crippen molar-refractivity contribution in [2.24, 2.45) is 5.92 Å². The van der Waals surface area contributed by atoms with Crippen LogP contribution in [0.1, 0.15) is 24.2 Å². The molecule has 1 aliphatic rings. The first-order chi connectivity index (χ1) is 15.9. The number of hydrogen-bond acceptors (Lipinski definition) is 6. The number of rotatable bonds is 7. The molecular formula is C24H32ClN3O5S. The number of carbonyl (C=O) groups excluding carboxylic acids is 1. The Balaban J connectivity index is 1.97. The lowest BCUT2D eigenvalue weighted by atomic mass is 9.99. The van der Waals surface area contributed by atoms with Gasteiger partial charge in [0.25, 0.3) is 5.91 Å². The third kappa shape index (κ3) is 5.49. The van der Waals surface area contributed by atoms with Crippen LogP contribution in [0.15, 0.2) is 47.4 Å². The zero-order valence-corrected chi connectivity index (χ0v) is 21.7. The second-order valence-corrected chi connectivity index (χ2v) is 11.4. The predicted octanol–water partition coefficient (Wildman–Crippen LogP) is 2.95. The number of nitrogens with zero attached hydrogens (tertiary/aromatic N) is 3. The molecule has 2 aromatic carbocycles. The summed E-state index contributed by atoms with van der Waals surface area (Å²) in [5.41, 5.74) is 1.21. The van der Waals surface area contributed by atoms with Gasteiger partial charge >= 0.3 is 0 Å². The maximum atomic E-state index is 13.4. The van der Waals surface area contributed by atoms with E-state index in [-0.39, 0.29) is 29.9 Å². The Hall–Kier alpha value is -2.33. The maximum absolute atomic E-state index is 13.4. The van der Waals surface area contributed by atoms with Crippen molar-refractivity contribution < 1.29 is 23.1 Å². The average molecular weight is 510 g/mol. The van der Waals surface area contributed by atoms with Crippen LogP contribution in [0.25, 0.3) is 0 Å². The predicted molar refractivity (Wildman–Crippen MR) is 133 cm³/mol. The van der Waals surface area contributed by atoms with Crippen molar-refractivity contribution in [2.75, 3.05) is 45.7 Å². The van der Waals surface area contributed by atoms with Crippen LogP contribution in [-0.2, 0) is 10.0 Å². The van der Waals surface area contributed by atoms with Crippen molar-refractivity contribution in [3.8, 4) is 5.75 Å². The molecule has 0 aliphatic carbocycles. The number of hydrogen-bond donors (Lipinski definition) is 1. The van der Waals surface area contributed by atoms with Crippen LogP contribution in [0.3, 0.4) is 0 Å². The van der Waals surface area contributed by atoms with Gasteiger partial charge < -0.3 is 19.6 Å². The molecule has 0 saturated carbocycles. The molecule has 3 atom stereocenters. The number of benzene rings is 2. The largest absolute Gasteiger partial charge is 0.488 e. The van der Waals surface area contributed by atoms with Crippen LogP contribution in [0.5, 0.6) is 5.75 Å². The number of anilines is 1. The number of ether oxygens (including phenoxy) is 1. The number of halogens is 1. The summed E-state index contributed by atoms with van der Waals surface area (Å²) in [6.07, 6.45) is -0.530. The van der Waals surface area contributed by atoms with E-state index in [0.29, 0.717) is 22.9 Å². The third-order valence-corrected chi connectivity index (χ3v) is 8.21. The van der Waals surface area contributed by atoms with Crippen LogP contribution in [0.4, 0.5) is 5.69 Å². The quantitative estimate of drug-likeness (QED) is 0.617. The average Bonchev–Trinajstić information content (AvgIpc) is 2.80. The molecule has 0 radical (unpaired) electrons. The molecule has 0 fully saturated rings. The number of fused-ring (bicyclic) bond motifs is 1. The molecule has 2 aromatic rings. The van der Waals surface area contributed by atoms with Crippen molar-refractivity contribution in [1.82, 2.24) is 9.21 Å². The van der Waals surface area contributed by atoms with Crippen LogP contribution in [0, 0.1) is 5.92 Å². The first kappa shape index (κ1) is 26.3. The van der Waals surface area contributed by atoms with Gasteiger partial charge in [-0.2, -0.15) is 4.31 Å². The number of likely N-dealkylation sites (N-methyl/N-ethyl adjacent to an activating group) is 1. The molecule has 1 aliphatic heterocycles. The summed E-state index contributed by atoms with van der Waals surface area (Å²) in [5.74, 6) is -0.0465. The number of carbonyl (C=O) groups is 1. The molecular weight excluding hydrogens is 478 g/mol. The summed E-state index contributed by atoms with van der Waals surface area (Å²) in [4.78, 5) is 17.1. The van der Waals surface area contributed by atoms with Gasteiger partial charge in [-0.3, -0.25) is 4.79 Å². The third-order valence-electron chi connectivity index (χ3n) is 6.12. The highest BCUT2D eigenvalue weighted by atomic mass is 35.5. The van der Waals surface area contributed by atoms with E-state index in [1.54, 1.807) is 24.0 Å². The lowest BCUT2D eigenvalue weighted by Gasteiger charge is -2.38. The van der Waals surface area contributed by atoms with Crippen molar-refractivity contribution in [3.05, 3.63) is 53.1 Å². The maximum Gasteiger partial charge on any atom is 0.258 e. The van der Waals surface area contributed by atoms with Gasteiger partial charge in [-0.25, -0.2) is 8.42 Å². The molecule has 0 spiro atoms. The van der Waals surface area contributed by atoms with Crippen molar-refractivity contribution >= 4 is 33.2 Å². The van der Waals surface area contributed by atoms with Gasteiger partial charge in [-0.05, 0) is 49.4 Å². The van der Waals surface area contributed by atoms with E-state index < -0.39 is 22.2 Å². The summed E-state index contributed by atoms with van der Waals surface area (Å²) in [7, 11) is 1.50. The first-order valence-electron chi connectivity index (χ1n) is 11.1. The summed E-state index contributed by atoms with van der Waals surface area (Å²) >= 11 is 5.91. The monoisotopic (exact) mass is 509 g/mol. The van der Waals surface area contributed by atoms with E-state index >= 15 is 0 Å². The molecule has 10 heteroatoms. The number of amides is 1.